The Hall–Kier alpha value is -0.510. The molecule has 7 heteroatoms. The zero-order valence-corrected chi connectivity index (χ0v) is 15.6. The van der Waals surface area contributed by atoms with Crippen molar-refractivity contribution < 1.29 is 9.26 Å². The molecule has 5 nitrogen and oxygen atoms in total. The number of rotatable bonds is 6. The number of nitrogens with two attached hydrogens (primary N) is 1. The van der Waals surface area contributed by atoms with E-state index in [9.17, 15) is 0 Å². The molecular weight excluding hydrogens is 449 g/mol. The molecule has 0 fully saturated rings. The lowest BCUT2D eigenvalue weighted by Gasteiger charge is -2.19. The fourth-order valence-electron chi connectivity index (χ4n) is 1.72. The predicted octanol–water partition coefficient (Wildman–Crippen LogP) is 3.70. The number of benzene rings is 1. The van der Waals surface area contributed by atoms with Gasteiger partial charge in [0.05, 0.1) is 12.2 Å². The van der Waals surface area contributed by atoms with Crippen molar-refractivity contribution >= 4 is 38.5 Å². The zero-order valence-electron chi connectivity index (χ0n) is 11.9. The summed E-state index contributed by atoms with van der Waals surface area (Å²) in [5.41, 5.74) is 6.33. The maximum Gasteiger partial charge on any atom is 0.259 e. The minimum atomic E-state index is -0.769. The number of nitrogens with zero attached hydrogens (tertiary/aromatic N) is 2. The molecular formula is C14H17BrIN3O2. The van der Waals surface area contributed by atoms with Gasteiger partial charge in [-0.1, -0.05) is 28.0 Å². The summed E-state index contributed by atoms with van der Waals surface area (Å²) in [6.45, 7) is 4.91. The highest BCUT2D eigenvalue weighted by molar-refractivity contribution is 14.1. The first kappa shape index (κ1) is 16.9. The van der Waals surface area contributed by atoms with Crippen LogP contribution in [-0.4, -0.2) is 23.4 Å². The molecule has 2 rings (SSSR count). The van der Waals surface area contributed by atoms with Crippen molar-refractivity contribution in [1.82, 2.24) is 10.1 Å². The molecule has 0 aliphatic carbocycles. The highest BCUT2D eigenvalue weighted by Crippen LogP contribution is 2.28. The van der Waals surface area contributed by atoms with Crippen LogP contribution < -0.4 is 5.73 Å². The van der Waals surface area contributed by atoms with Crippen LogP contribution in [-0.2, 0) is 10.3 Å². The van der Waals surface area contributed by atoms with Crippen LogP contribution in [0.25, 0.3) is 11.5 Å². The average Bonchev–Trinajstić information content (AvgIpc) is 2.92. The smallest absolute Gasteiger partial charge is 0.259 e. The van der Waals surface area contributed by atoms with E-state index in [-0.39, 0.29) is 0 Å². The van der Waals surface area contributed by atoms with Gasteiger partial charge in [0.25, 0.3) is 5.89 Å². The Morgan fingerprint density at radius 2 is 2.24 bits per heavy atom. The van der Waals surface area contributed by atoms with E-state index in [2.05, 4.69) is 55.6 Å². The predicted molar refractivity (Wildman–Crippen MR) is 92.8 cm³/mol. The van der Waals surface area contributed by atoms with Crippen molar-refractivity contribution in [3.8, 4) is 11.5 Å². The van der Waals surface area contributed by atoms with Gasteiger partial charge in [-0.25, -0.2) is 0 Å². The standard InChI is InChI=1S/C14H17BrIN3O2/c1-3-6-20-8-14(2,17)13-18-12(21-19-13)10-7-9(15)4-5-11(10)16/h4-5,7H,3,6,8,17H2,1-2H3. The van der Waals surface area contributed by atoms with Crippen LogP contribution in [0.2, 0.25) is 0 Å². The van der Waals surface area contributed by atoms with Crippen molar-refractivity contribution in [2.45, 2.75) is 25.8 Å². The monoisotopic (exact) mass is 465 g/mol. The number of ether oxygens (including phenoxy) is 1. The molecule has 1 unspecified atom stereocenters. The van der Waals surface area contributed by atoms with E-state index in [0.717, 1.165) is 20.0 Å². The Morgan fingerprint density at radius 3 is 2.95 bits per heavy atom. The third kappa shape index (κ3) is 4.24. The molecule has 2 N–H and O–H groups in total. The van der Waals surface area contributed by atoms with Crippen molar-refractivity contribution in [3.63, 3.8) is 0 Å². The van der Waals surface area contributed by atoms with E-state index in [0.29, 0.717) is 24.9 Å². The van der Waals surface area contributed by atoms with E-state index in [1.165, 1.54) is 0 Å². The number of halogens is 2. The van der Waals surface area contributed by atoms with Gasteiger partial charge in [0, 0.05) is 14.6 Å². The molecule has 1 atom stereocenters. The second kappa shape index (κ2) is 7.17. The molecule has 0 spiro atoms. The van der Waals surface area contributed by atoms with Gasteiger partial charge in [0.15, 0.2) is 5.82 Å². The Labute approximate surface area is 145 Å². The quantitative estimate of drug-likeness (QED) is 0.520. The SMILES string of the molecule is CCCOCC(C)(N)c1noc(-c2cc(Br)ccc2I)n1. The molecule has 0 bridgehead atoms. The van der Waals surface area contributed by atoms with Crippen LogP contribution in [0.4, 0.5) is 0 Å². The molecule has 1 aromatic heterocycles. The van der Waals surface area contributed by atoms with Gasteiger partial charge < -0.3 is 15.0 Å². The van der Waals surface area contributed by atoms with E-state index in [4.69, 9.17) is 15.0 Å². The van der Waals surface area contributed by atoms with E-state index < -0.39 is 5.54 Å². The summed E-state index contributed by atoms with van der Waals surface area (Å²) >= 11 is 5.68. The minimum Gasteiger partial charge on any atom is -0.379 e. The summed E-state index contributed by atoms with van der Waals surface area (Å²) in [6.07, 6.45) is 0.948. The van der Waals surface area contributed by atoms with Crippen molar-refractivity contribution in [3.05, 3.63) is 32.1 Å². The van der Waals surface area contributed by atoms with E-state index in [1.807, 2.05) is 25.1 Å². The summed E-state index contributed by atoms with van der Waals surface area (Å²) < 4.78 is 12.9. The van der Waals surface area contributed by atoms with Gasteiger partial charge in [0.2, 0.25) is 0 Å². The molecule has 0 saturated heterocycles. The Bertz CT molecular complexity index is 616. The van der Waals surface area contributed by atoms with E-state index >= 15 is 0 Å². The molecule has 0 radical (unpaired) electrons. The maximum absolute atomic E-state index is 6.22. The lowest BCUT2D eigenvalue weighted by atomic mass is 10.1. The first-order valence-corrected chi connectivity index (χ1v) is 8.47. The van der Waals surface area contributed by atoms with Gasteiger partial charge in [0.1, 0.15) is 5.54 Å². The summed E-state index contributed by atoms with van der Waals surface area (Å²) in [6, 6.07) is 5.89. The molecule has 0 aliphatic heterocycles. The molecule has 21 heavy (non-hydrogen) atoms. The molecule has 1 heterocycles. The van der Waals surface area contributed by atoms with Gasteiger partial charge in [-0.3, -0.25) is 0 Å². The lowest BCUT2D eigenvalue weighted by Crippen LogP contribution is -2.39. The van der Waals surface area contributed by atoms with Crippen LogP contribution in [0, 0.1) is 3.57 Å². The summed E-state index contributed by atoms with van der Waals surface area (Å²) in [7, 11) is 0. The van der Waals surface area contributed by atoms with Crippen molar-refractivity contribution in [1.29, 1.82) is 0 Å². The first-order chi connectivity index (χ1) is 9.94. The summed E-state index contributed by atoms with van der Waals surface area (Å²) in [4.78, 5) is 4.42. The van der Waals surface area contributed by atoms with Crippen LogP contribution in [0.1, 0.15) is 26.1 Å². The molecule has 0 saturated carbocycles. The third-order valence-corrected chi connectivity index (χ3v) is 4.28. The normalized spacial score (nSPS) is 14.1. The van der Waals surface area contributed by atoms with Crippen molar-refractivity contribution in [2.75, 3.05) is 13.2 Å². The Kier molecular flexibility index (Phi) is 5.75. The lowest BCUT2D eigenvalue weighted by molar-refractivity contribution is 0.0867. The second-order valence-electron chi connectivity index (χ2n) is 5.02. The van der Waals surface area contributed by atoms with Crippen LogP contribution in [0.15, 0.2) is 27.2 Å². The molecule has 0 amide bonds. The molecule has 1 aromatic carbocycles. The molecule has 0 aliphatic rings. The molecule has 114 valence electrons. The number of aromatic nitrogens is 2. The highest BCUT2D eigenvalue weighted by Gasteiger charge is 2.28. The third-order valence-electron chi connectivity index (χ3n) is 2.85. The number of hydrogen-bond acceptors (Lipinski definition) is 5. The van der Waals surface area contributed by atoms with Gasteiger partial charge in [-0.15, -0.1) is 0 Å². The summed E-state index contributed by atoms with van der Waals surface area (Å²) in [5.74, 6) is 0.909. The van der Waals surface area contributed by atoms with Crippen LogP contribution >= 0.6 is 38.5 Å². The highest BCUT2D eigenvalue weighted by atomic mass is 127. The van der Waals surface area contributed by atoms with E-state index in [1.54, 1.807) is 0 Å². The fourth-order valence-corrected chi connectivity index (χ4v) is 2.65. The second-order valence-corrected chi connectivity index (χ2v) is 7.10. The fraction of sp³-hybridized carbons (Fsp3) is 0.429. The van der Waals surface area contributed by atoms with Crippen LogP contribution in [0.5, 0.6) is 0 Å². The zero-order chi connectivity index (χ0) is 15.5. The molecule has 2 aromatic rings. The minimum absolute atomic E-state index is 0.357. The van der Waals surface area contributed by atoms with Crippen LogP contribution in [0.3, 0.4) is 0 Å². The topological polar surface area (TPSA) is 74.2 Å². The first-order valence-electron chi connectivity index (χ1n) is 6.60. The van der Waals surface area contributed by atoms with Gasteiger partial charge in [-0.05, 0) is 54.1 Å². The maximum atomic E-state index is 6.22. The average molecular weight is 466 g/mol. The Balaban J connectivity index is 2.23. The van der Waals surface area contributed by atoms with Gasteiger partial charge in [-0.2, -0.15) is 4.98 Å². The Morgan fingerprint density at radius 1 is 1.48 bits per heavy atom. The summed E-state index contributed by atoms with van der Waals surface area (Å²) in [5, 5.41) is 4.00. The largest absolute Gasteiger partial charge is 0.379 e. The number of hydrogen-bond donors (Lipinski definition) is 1. The van der Waals surface area contributed by atoms with Crippen molar-refractivity contribution in [2.24, 2.45) is 5.73 Å². The van der Waals surface area contributed by atoms with Gasteiger partial charge >= 0.3 is 0 Å².